The molecule has 0 saturated carbocycles. The number of rotatable bonds is 7. The molecule has 1 unspecified atom stereocenters. The molecule has 172 valence electrons. The molecule has 0 aliphatic rings. The first-order valence-corrected chi connectivity index (χ1v) is 10.9. The first-order chi connectivity index (χ1) is 14.1. The molecule has 0 spiro atoms. The number of non-ortho nitro benzene ring substituents is 1. The number of halogens is 1. The van der Waals surface area contributed by atoms with Crippen LogP contribution in [0.5, 0.6) is 0 Å². The van der Waals surface area contributed by atoms with E-state index in [0.29, 0.717) is 0 Å². The molecule has 0 aliphatic heterocycles. The van der Waals surface area contributed by atoms with Crippen LogP contribution in [-0.4, -0.2) is 42.7 Å². The smallest absolute Gasteiger partial charge is 0.413 e. The van der Waals surface area contributed by atoms with Crippen LogP contribution in [0.2, 0.25) is 0 Å². The average molecular weight is 458 g/mol. The number of nitrogens with one attached hydrogen (secondary N) is 1. The Balaban J connectivity index is 3.50. The molecule has 1 aromatic rings. The van der Waals surface area contributed by atoms with E-state index in [1.54, 1.807) is 20.8 Å². The molecule has 0 heterocycles. The van der Waals surface area contributed by atoms with Crippen LogP contribution in [0.25, 0.3) is 0 Å². The summed E-state index contributed by atoms with van der Waals surface area (Å²) in [7, 11) is -3.02. The maximum Gasteiger partial charge on any atom is 0.413 e. The molecule has 1 aromatic carbocycles. The average Bonchev–Trinajstić information content (AvgIpc) is 2.62. The van der Waals surface area contributed by atoms with E-state index in [-0.39, 0.29) is 17.8 Å². The highest BCUT2D eigenvalue weighted by Gasteiger charge is 2.46. The van der Waals surface area contributed by atoms with Gasteiger partial charge in [-0.25, -0.2) is 17.6 Å². The second-order valence-corrected chi connectivity index (χ2v) is 10.9. The van der Waals surface area contributed by atoms with Crippen molar-refractivity contribution < 1.29 is 27.3 Å². The van der Waals surface area contributed by atoms with Crippen molar-refractivity contribution in [2.45, 2.75) is 56.6 Å². The molecule has 0 fully saturated rings. The van der Waals surface area contributed by atoms with E-state index in [1.807, 2.05) is 0 Å². The summed E-state index contributed by atoms with van der Waals surface area (Å²) in [5.74, 6) is -1.13. The molecule has 1 rings (SSSR count). The van der Waals surface area contributed by atoms with E-state index >= 15 is 0 Å². The van der Waals surface area contributed by atoms with Crippen LogP contribution in [0.1, 0.15) is 51.9 Å². The summed E-state index contributed by atoms with van der Waals surface area (Å²) in [5, 5.41) is 12.0. The number of ether oxygens (including phenoxy) is 1. The topological polar surface area (TPSA) is 128 Å². The highest BCUT2D eigenvalue weighted by molar-refractivity contribution is 7.93. The van der Waals surface area contributed by atoms with Gasteiger partial charge in [0.2, 0.25) is 0 Å². The molecule has 1 amide bonds. The van der Waals surface area contributed by atoms with Gasteiger partial charge in [0.05, 0.1) is 10.2 Å². The number of hydrogen-bond acceptors (Lipinski definition) is 7. The zero-order chi connectivity index (χ0) is 24.2. The lowest BCUT2D eigenvalue weighted by molar-refractivity contribution is -0.385. The molecule has 31 heavy (non-hydrogen) atoms. The number of amides is 1. The highest BCUT2D eigenvalue weighted by atomic mass is 32.2. The van der Waals surface area contributed by atoms with E-state index in [0.717, 1.165) is 18.2 Å². The minimum Gasteiger partial charge on any atom is -0.444 e. The number of nitro groups is 1. The van der Waals surface area contributed by atoms with E-state index < -0.39 is 48.0 Å². The first kappa shape index (κ1) is 26.2. The van der Waals surface area contributed by atoms with Gasteiger partial charge in [-0.15, -0.1) is 6.58 Å². The lowest BCUT2D eigenvalue weighted by atomic mass is 10.1. The number of hydrogen-bond donors (Lipinski definition) is 1. The van der Waals surface area contributed by atoms with Gasteiger partial charge in [0.25, 0.3) is 5.69 Å². The molecule has 1 atom stereocenters. The Bertz CT molecular complexity index is 997. The van der Waals surface area contributed by atoms with Gasteiger partial charge in [0.1, 0.15) is 22.0 Å². The zero-order valence-corrected chi connectivity index (χ0v) is 19.2. The highest BCUT2D eigenvalue weighted by Crippen LogP contribution is 2.38. The lowest BCUT2D eigenvalue weighted by Crippen LogP contribution is -2.52. The number of nitrogens with zero attached hydrogens (tertiary/aromatic N) is 2. The Morgan fingerprint density at radius 1 is 1.35 bits per heavy atom. The molecule has 11 heteroatoms. The monoisotopic (exact) mass is 457 g/mol. The third kappa shape index (κ3) is 6.09. The summed E-state index contributed by atoms with van der Waals surface area (Å²) in [5.41, 5.74) is -1.65. The molecule has 0 bridgehead atoms. The van der Waals surface area contributed by atoms with E-state index in [9.17, 15) is 27.7 Å². The van der Waals surface area contributed by atoms with Crippen molar-refractivity contribution in [1.82, 2.24) is 5.32 Å². The second-order valence-electron chi connectivity index (χ2n) is 8.23. The van der Waals surface area contributed by atoms with E-state index in [2.05, 4.69) is 16.9 Å². The quantitative estimate of drug-likeness (QED) is 0.216. The summed E-state index contributed by atoms with van der Waals surface area (Å²) >= 11 is 0. The largest absolute Gasteiger partial charge is 0.444 e. The Labute approximate surface area is 181 Å². The second kappa shape index (κ2) is 9.54. The van der Waals surface area contributed by atoms with Crippen molar-refractivity contribution >= 4 is 27.5 Å². The van der Waals surface area contributed by atoms with Gasteiger partial charge in [0.15, 0.2) is 9.84 Å². The van der Waals surface area contributed by atoms with Gasteiger partial charge in [-0.05, 0) is 47.1 Å². The van der Waals surface area contributed by atoms with Crippen LogP contribution in [0.4, 0.5) is 14.9 Å². The third-order valence-electron chi connectivity index (χ3n) is 4.42. The summed E-state index contributed by atoms with van der Waals surface area (Å²) in [6.07, 6.45) is 0.159. The fraction of sp³-hybridized carbons (Fsp3) is 0.500. The minimum absolute atomic E-state index is 0.215. The van der Waals surface area contributed by atoms with Crippen molar-refractivity contribution in [3.8, 4) is 0 Å². The van der Waals surface area contributed by atoms with Crippen molar-refractivity contribution in [2.75, 3.05) is 7.05 Å². The Morgan fingerprint density at radius 3 is 2.39 bits per heavy atom. The molecular formula is C20H28FN3O6S. The van der Waals surface area contributed by atoms with Crippen molar-refractivity contribution in [3.63, 3.8) is 0 Å². The van der Waals surface area contributed by atoms with Crippen molar-refractivity contribution in [3.05, 3.63) is 52.3 Å². The normalized spacial score (nSPS) is 14.0. The summed E-state index contributed by atoms with van der Waals surface area (Å²) < 4.78 is 45.1. The predicted molar refractivity (Wildman–Crippen MR) is 116 cm³/mol. The number of nitro benzene ring substituents is 1. The van der Waals surface area contributed by atoms with Crippen LogP contribution in [-0.2, 0) is 14.6 Å². The van der Waals surface area contributed by atoms with Crippen LogP contribution < -0.4 is 5.32 Å². The molecule has 9 nitrogen and oxygen atoms in total. The summed E-state index contributed by atoms with van der Waals surface area (Å²) in [6, 6.07) is 2.69. The van der Waals surface area contributed by atoms with Crippen molar-refractivity contribution in [1.29, 1.82) is 0 Å². The SMILES string of the molecule is C=CCC(c1cc([N+](=O)[O-])ccc1F)S(=O)(=O)C(C)(C)C(=NC)NC(=O)OC(C)(C)C. The number of amidine groups is 1. The minimum atomic E-state index is -4.32. The standard InChI is InChI=1S/C20H28FN3O6S/c1-8-9-16(14-12-13(24(26)27)10-11-15(14)21)31(28,29)20(5,6)17(22-7)23-18(25)30-19(2,3)4/h8,10-12,16H,1,9H2,2-7H3,(H,22,23,25). The summed E-state index contributed by atoms with van der Waals surface area (Å²) in [4.78, 5) is 26.5. The number of allylic oxidation sites excluding steroid dienone is 1. The number of benzene rings is 1. The van der Waals surface area contributed by atoms with E-state index in [1.165, 1.54) is 27.0 Å². The summed E-state index contributed by atoms with van der Waals surface area (Å²) in [6.45, 7) is 11.0. The Morgan fingerprint density at radius 2 is 1.94 bits per heavy atom. The number of sulfone groups is 1. The molecule has 1 N–H and O–H groups in total. The zero-order valence-electron chi connectivity index (χ0n) is 18.4. The van der Waals surface area contributed by atoms with E-state index in [4.69, 9.17) is 4.74 Å². The first-order valence-electron chi connectivity index (χ1n) is 9.34. The maximum atomic E-state index is 14.6. The number of carbonyl (C=O) groups is 1. The van der Waals surface area contributed by atoms with Crippen LogP contribution in [0.3, 0.4) is 0 Å². The Kier molecular flexibility index (Phi) is 8.07. The molecule has 0 aliphatic carbocycles. The van der Waals surface area contributed by atoms with Crippen LogP contribution >= 0.6 is 0 Å². The van der Waals surface area contributed by atoms with Gasteiger partial charge in [-0.1, -0.05) is 6.08 Å². The van der Waals surface area contributed by atoms with Gasteiger partial charge >= 0.3 is 6.09 Å². The molecule has 0 aromatic heterocycles. The number of alkyl carbamates (subject to hydrolysis) is 1. The molecule has 0 radical (unpaired) electrons. The van der Waals surface area contributed by atoms with Gasteiger partial charge in [-0.3, -0.25) is 20.4 Å². The van der Waals surface area contributed by atoms with Gasteiger partial charge in [-0.2, -0.15) is 0 Å². The van der Waals surface area contributed by atoms with Gasteiger partial charge in [0, 0.05) is 24.7 Å². The maximum absolute atomic E-state index is 14.6. The van der Waals surface area contributed by atoms with Crippen LogP contribution in [0, 0.1) is 15.9 Å². The fourth-order valence-corrected chi connectivity index (χ4v) is 4.86. The molecule has 0 saturated heterocycles. The van der Waals surface area contributed by atoms with Crippen molar-refractivity contribution in [2.24, 2.45) is 4.99 Å². The van der Waals surface area contributed by atoms with Crippen LogP contribution in [0.15, 0.2) is 35.8 Å². The lowest BCUT2D eigenvalue weighted by Gasteiger charge is -2.31. The predicted octanol–water partition coefficient (Wildman–Crippen LogP) is 4.10. The number of carbonyl (C=O) groups excluding carboxylic acids is 1. The van der Waals surface area contributed by atoms with Gasteiger partial charge < -0.3 is 4.74 Å². The Hall–Kier alpha value is -2.82. The fourth-order valence-electron chi connectivity index (χ4n) is 2.83. The number of aliphatic imine (C=N–C) groups is 1. The molecular weight excluding hydrogens is 429 g/mol. The third-order valence-corrected chi connectivity index (χ3v) is 7.23.